The van der Waals surface area contributed by atoms with Gasteiger partial charge < -0.3 is 9.84 Å². The Labute approximate surface area is 131 Å². The van der Waals surface area contributed by atoms with Gasteiger partial charge in [0.2, 0.25) is 0 Å². The lowest BCUT2D eigenvalue weighted by Gasteiger charge is -2.12. The van der Waals surface area contributed by atoms with Crippen LogP contribution in [0.5, 0.6) is 0 Å². The van der Waals surface area contributed by atoms with Crippen LogP contribution in [0.3, 0.4) is 0 Å². The number of aromatic nitrogens is 1. The molecule has 0 fully saturated rings. The highest BCUT2D eigenvalue weighted by Crippen LogP contribution is 2.20. The van der Waals surface area contributed by atoms with Gasteiger partial charge in [0.25, 0.3) is 0 Å². The molecule has 0 spiro atoms. The predicted molar refractivity (Wildman–Crippen MR) is 86.8 cm³/mol. The van der Waals surface area contributed by atoms with Gasteiger partial charge in [-0.25, -0.2) is 4.39 Å². The molecule has 0 saturated heterocycles. The van der Waals surface area contributed by atoms with Crippen LogP contribution in [0.25, 0.3) is 11.3 Å². The molecular formula is C18H23FN2O. The highest BCUT2D eigenvalue weighted by atomic mass is 19.1. The Bertz CT molecular complexity index is 577. The van der Waals surface area contributed by atoms with Crippen LogP contribution in [0.2, 0.25) is 0 Å². The summed E-state index contributed by atoms with van der Waals surface area (Å²) < 4.78 is 18.2. The first kappa shape index (κ1) is 16.4. The molecule has 4 heteroatoms. The summed E-state index contributed by atoms with van der Waals surface area (Å²) >= 11 is 0. The van der Waals surface area contributed by atoms with E-state index in [4.69, 9.17) is 4.52 Å². The van der Waals surface area contributed by atoms with E-state index in [0.717, 1.165) is 30.6 Å². The molecule has 0 amide bonds. The van der Waals surface area contributed by atoms with Gasteiger partial charge in [-0.2, -0.15) is 0 Å². The van der Waals surface area contributed by atoms with Crippen LogP contribution in [0, 0.1) is 11.7 Å². The van der Waals surface area contributed by atoms with Gasteiger partial charge in [-0.1, -0.05) is 24.6 Å². The zero-order chi connectivity index (χ0) is 15.8. The highest BCUT2D eigenvalue weighted by molar-refractivity contribution is 5.56. The first-order valence-electron chi connectivity index (χ1n) is 7.76. The Morgan fingerprint density at radius 2 is 2.14 bits per heavy atom. The molecule has 0 radical (unpaired) electrons. The van der Waals surface area contributed by atoms with Crippen LogP contribution in [-0.4, -0.2) is 11.7 Å². The summed E-state index contributed by atoms with van der Waals surface area (Å²) in [5, 5.41) is 7.42. The van der Waals surface area contributed by atoms with Crippen molar-refractivity contribution in [2.45, 2.75) is 32.7 Å². The number of hydrogen-bond acceptors (Lipinski definition) is 3. The maximum absolute atomic E-state index is 12.9. The topological polar surface area (TPSA) is 38.1 Å². The van der Waals surface area contributed by atoms with Crippen molar-refractivity contribution in [3.8, 4) is 11.3 Å². The van der Waals surface area contributed by atoms with Crippen LogP contribution in [0.4, 0.5) is 4.39 Å². The Morgan fingerprint density at radius 1 is 1.36 bits per heavy atom. The maximum Gasteiger partial charge on any atom is 0.167 e. The van der Waals surface area contributed by atoms with Gasteiger partial charge in [0.1, 0.15) is 5.82 Å². The van der Waals surface area contributed by atoms with Crippen molar-refractivity contribution < 1.29 is 8.91 Å². The van der Waals surface area contributed by atoms with Gasteiger partial charge in [0, 0.05) is 18.2 Å². The molecule has 118 valence electrons. The van der Waals surface area contributed by atoms with Gasteiger partial charge >= 0.3 is 0 Å². The van der Waals surface area contributed by atoms with Gasteiger partial charge in [0.05, 0.1) is 5.69 Å². The third-order valence-corrected chi connectivity index (χ3v) is 3.80. The monoisotopic (exact) mass is 302 g/mol. The van der Waals surface area contributed by atoms with E-state index in [-0.39, 0.29) is 5.82 Å². The quantitative estimate of drug-likeness (QED) is 0.545. The fourth-order valence-corrected chi connectivity index (χ4v) is 2.39. The SMILES string of the molecule is C=CCC(CC)CCNCc1cc(-c2ccc(F)cc2)on1. The van der Waals surface area contributed by atoms with Crippen LogP contribution in [-0.2, 0) is 6.54 Å². The van der Waals surface area contributed by atoms with E-state index in [1.165, 1.54) is 18.6 Å². The maximum atomic E-state index is 12.9. The van der Waals surface area contributed by atoms with E-state index in [9.17, 15) is 4.39 Å². The summed E-state index contributed by atoms with van der Waals surface area (Å²) in [4.78, 5) is 0. The number of halogens is 1. The molecule has 3 nitrogen and oxygen atoms in total. The summed E-state index contributed by atoms with van der Waals surface area (Å²) in [6.45, 7) is 7.63. The van der Waals surface area contributed by atoms with Crippen molar-refractivity contribution in [3.63, 3.8) is 0 Å². The largest absolute Gasteiger partial charge is 0.356 e. The molecule has 0 saturated carbocycles. The Balaban J connectivity index is 1.80. The van der Waals surface area contributed by atoms with Crippen LogP contribution < -0.4 is 5.32 Å². The Hall–Kier alpha value is -1.94. The molecule has 0 bridgehead atoms. The number of nitrogens with one attached hydrogen (secondary N) is 1. The predicted octanol–water partition coefficient (Wildman–Crippen LogP) is 4.56. The molecule has 1 unspecified atom stereocenters. The zero-order valence-electron chi connectivity index (χ0n) is 13.0. The van der Waals surface area contributed by atoms with Gasteiger partial charge in [0.15, 0.2) is 5.76 Å². The van der Waals surface area contributed by atoms with Crippen LogP contribution in [0.1, 0.15) is 31.9 Å². The molecule has 2 aromatic rings. The fraction of sp³-hybridized carbons (Fsp3) is 0.389. The molecule has 1 N–H and O–H groups in total. The fourth-order valence-electron chi connectivity index (χ4n) is 2.39. The Kier molecular flexibility index (Phi) is 6.34. The lowest BCUT2D eigenvalue weighted by atomic mass is 9.99. The van der Waals surface area contributed by atoms with E-state index < -0.39 is 0 Å². The number of hydrogen-bond donors (Lipinski definition) is 1. The molecule has 1 aromatic carbocycles. The molecule has 0 aliphatic carbocycles. The minimum Gasteiger partial charge on any atom is -0.356 e. The summed E-state index contributed by atoms with van der Waals surface area (Å²) in [5.41, 5.74) is 1.69. The molecule has 1 aromatic heterocycles. The Morgan fingerprint density at radius 3 is 2.82 bits per heavy atom. The number of benzene rings is 1. The van der Waals surface area contributed by atoms with Crippen molar-refractivity contribution in [1.82, 2.24) is 10.5 Å². The summed E-state index contributed by atoms with van der Waals surface area (Å²) in [6, 6.07) is 8.10. The van der Waals surface area contributed by atoms with Crippen molar-refractivity contribution in [1.29, 1.82) is 0 Å². The summed E-state index contributed by atoms with van der Waals surface area (Å²) in [7, 11) is 0. The first-order chi connectivity index (χ1) is 10.7. The summed E-state index contributed by atoms with van der Waals surface area (Å²) in [6.07, 6.45) is 5.36. The average Bonchev–Trinajstić information content (AvgIpc) is 3.00. The standard InChI is InChI=1S/C18H23FN2O/c1-3-5-14(4-2)10-11-20-13-17-12-18(22-21-17)15-6-8-16(19)9-7-15/h3,6-9,12,14,20H,1,4-5,10-11,13H2,2H3. The molecule has 1 atom stereocenters. The van der Waals surface area contributed by atoms with Gasteiger partial charge in [-0.3, -0.25) is 0 Å². The van der Waals surface area contributed by atoms with Crippen LogP contribution in [0.15, 0.2) is 47.5 Å². The molecule has 1 heterocycles. The second-order valence-corrected chi connectivity index (χ2v) is 5.45. The van der Waals surface area contributed by atoms with Crippen LogP contribution >= 0.6 is 0 Å². The summed E-state index contributed by atoms with van der Waals surface area (Å²) in [5.74, 6) is 1.10. The minimum absolute atomic E-state index is 0.254. The molecule has 2 rings (SSSR count). The third kappa shape index (κ3) is 4.81. The molecular weight excluding hydrogens is 279 g/mol. The minimum atomic E-state index is -0.254. The molecule has 0 aliphatic rings. The lowest BCUT2D eigenvalue weighted by molar-refractivity contribution is 0.415. The molecule has 0 aliphatic heterocycles. The van der Waals surface area contributed by atoms with Gasteiger partial charge in [-0.05, 0) is 49.6 Å². The number of nitrogens with zero attached hydrogens (tertiary/aromatic N) is 1. The zero-order valence-corrected chi connectivity index (χ0v) is 13.0. The molecule has 22 heavy (non-hydrogen) atoms. The van der Waals surface area contributed by atoms with E-state index in [2.05, 4.69) is 24.0 Å². The smallest absolute Gasteiger partial charge is 0.167 e. The van der Waals surface area contributed by atoms with Crippen molar-refractivity contribution >= 4 is 0 Å². The van der Waals surface area contributed by atoms with Crippen molar-refractivity contribution in [3.05, 3.63) is 54.5 Å². The number of allylic oxidation sites excluding steroid dienone is 1. The lowest BCUT2D eigenvalue weighted by Crippen LogP contribution is -2.17. The average molecular weight is 302 g/mol. The highest BCUT2D eigenvalue weighted by Gasteiger charge is 2.07. The van der Waals surface area contributed by atoms with Crippen molar-refractivity contribution in [2.75, 3.05) is 6.54 Å². The number of rotatable bonds is 9. The van der Waals surface area contributed by atoms with E-state index in [1.54, 1.807) is 12.1 Å². The first-order valence-corrected chi connectivity index (χ1v) is 7.76. The second kappa shape index (κ2) is 8.49. The van der Waals surface area contributed by atoms with E-state index >= 15 is 0 Å². The van der Waals surface area contributed by atoms with Gasteiger partial charge in [-0.15, -0.1) is 6.58 Å². The third-order valence-electron chi connectivity index (χ3n) is 3.80. The van der Waals surface area contributed by atoms with E-state index in [1.807, 2.05) is 12.1 Å². The van der Waals surface area contributed by atoms with Crippen molar-refractivity contribution in [2.24, 2.45) is 5.92 Å². The normalized spacial score (nSPS) is 12.3. The second-order valence-electron chi connectivity index (χ2n) is 5.45. The van der Waals surface area contributed by atoms with E-state index in [0.29, 0.717) is 18.2 Å².